The van der Waals surface area contributed by atoms with E-state index in [9.17, 15) is 4.79 Å². The number of benzene rings is 2. The average molecular weight is 371 g/mol. The minimum Gasteiger partial charge on any atom is -0.497 e. The number of methoxy groups -OCH3 is 2. The van der Waals surface area contributed by atoms with E-state index in [1.54, 1.807) is 43.5 Å². The second-order valence-electron chi connectivity index (χ2n) is 4.15. The third-order valence-corrected chi connectivity index (χ3v) is 3.81. The highest BCUT2D eigenvalue weighted by Crippen LogP contribution is 2.28. The molecule has 0 spiro atoms. The second kappa shape index (κ2) is 6.83. The molecule has 0 saturated carbocycles. The Morgan fingerprint density at radius 2 is 1.90 bits per heavy atom. The molecule has 0 aliphatic carbocycles. The van der Waals surface area contributed by atoms with E-state index in [2.05, 4.69) is 21.2 Å². The standard InChI is InChI=1S/C15H13BrClNO3/c1-20-10-4-5-12(16)11(8-10)15(19)18-9-3-6-14(21-2)13(17)7-9/h3-8H,1-2H3,(H,18,19). The predicted octanol–water partition coefficient (Wildman–Crippen LogP) is 4.37. The van der Waals surface area contributed by atoms with E-state index in [1.807, 2.05) is 0 Å². The fraction of sp³-hybridized carbons (Fsp3) is 0.133. The maximum absolute atomic E-state index is 12.3. The van der Waals surface area contributed by atoms with Gasteiger partial charge in [-0.2, -0.15) is 0 Å². The molecule has 21 heavy (non-hydrogen) atoms. The largest absolute Gasteiger partial charge is 0.497 e. The van der Waals surface area contributed by atoms with Crippen molar-refractivity contribution in [3.8, 4) is 11.5 Å². The monoisotopic (exact) mass is 369 g/mol. The normalized spacial score (nSPS) is 10.1. The summed E-state index contributed by atoms with van der Waals surface area (Å²) in [5.74, 6) is 0.898. The molecule has 2 aromatic carbocycles. The van der Waals surface area contributed by atoms with Crippen LogP contribution in [-0.2, 0) is 0 Å². The van der Waals surface area contributed by atoms with Crippen molar-refractivity contribution in [3.63, 3.8) is 0 Å². The summed E-state index contributed by atoms with van der Waals surface area (Å²) >= 11 is 9.38. The Labute approximate surface area is 136 Å². The Balaban J connectivity index is 2.23. The minimum absolute atomic E-state index is 0.262. The molecule has 0 aliphatic rings. The molecular weight excluding hydrogens is 358 g/mol. The first-order chi connectivity index (χ1) is 10.0. The molecule has 2 aromatic rings. The fourth-order valence-electron chi connectivity index (χ4n) is 1.75. The Kier molecular flexibility index (Phi) is 5.09. The number of hydrogen-bond acceptors (Lipinski definition) is 3. The zero-order chi connectivity index (χ0) is 15.4. The molecule has 0 bridgehead atoms. The Morgan fingerprint density at radius 1 is 1.14 bits per heavy atom. The Hall–Kier alpha value is -1.72. The topological polar surface area (TPSA) is 47.6 Å². The summed E-state index contributed by atoms with van der Waals surface area (Å²) in [6.07, 6.45) is 0. The van der Waals surface area contributed by atoms with Crippen LogP contribution in [0.2, 0.25) is 5.02 Å². The predicted molar refractivity (Wildman–Crippen MR) is 86.7 cm³/mol. The third-order valence-electron chi connectivity index (χ3n) is 2.83. The highest BCUT2D eigenvalue weighted by atomic mass is 79.9. The molecule has 0 atom stereocenters. The van der Waals surface area contributed by atoms with Crippen molar-refractivity contribution in [3.05, 3.63) is 51.5 Å². The first kappa shape index (κ1) is 15.7. The molecule has 0 fully saturated rings. The lowest BCUT2D eigenvalue weighted by Gasteiger charge is -2.10. The number of nitrogens with one attached hydrogen (secondary N) is 1. The summed E-state index contributed by atoms with van der Waals surface area (Å²) in [5.41, 5.74) is 1.06. The molecule has 0 aliphatic heterocycles. The lowest BCUT2D eigenvalue weighted by Crippen LogP contribution is -2.12. The number of halogens is 2. The van der Waals surface area contributed by atoms with Gasteiger partial charge >= 0.3 is 0 Å². The second-order valence-corrected chi connectivity index (χ2v) is 5.41. The van der Waals surface area contributed by atoms with Crippen molar-refractivity contribution in [1.82, 2.24) is 0 Å². The lowest BCUT2D eigenvalue weighted by atomic mass is 10.2. The van der Waals surface area contributed by atoms with Crippen LogP contribution < -0.4 is 14.8 Å². The van der Waals surface area contributed by atoms with Crippen LogP contribution in [0.1, 0.15) is 10.4 Å². The zero-order valence-corrected chi connectivity index (χ0v) is 13.8. The SMILES string of the molecule is COc1ccc(Br)c(C(=O)Nc2ccc(OC)c(Cl)c2)c1. The van der Waals surface area contributed by atoms with E-state index < -0.39 is 0 Å². The van der Waals surface area contributed by atoms with Gasteiger partial charge in [0.25, 0.3) is 5.91 Å². The first-order valence-electron chi connectivity index (χ1n) is 6.03. The highest BCUT2D eigenvalue weighted by Gasteiger charge is 2.12. The molecule has 110 valence electrons. The van der Waals surface area contributed by atoms with Gasteiger partial charge in [0.2, 0.25) is 0 Å². The molecular formula is C15H13BrClNO3. The summed E-state index contributed by atoms with van der Waals surface area (Å²) in [4.78, 5) is 12.3. The van der Waals surface area contributed by atoms with Gasteiger partial charge in [-0.1, -0.05) is 11.6 Å². The van der Waals surface area contributed by atoms with Crippen molar-refractivity contribution >= 4 is 39.1 Å². The van der Waals surface area contributed by atoms with Gasteiger partial charge in [0.05, 0.1) is 24.8 Å². The molecule has 0 radical (unpaired) electrons. The Morgan fingerprint density at radius 3 is 2.52 bits per heavy atom. The van der Waals surface area contributed by atoms with E-state index in [1.165, 1.54) is 7.11 Å². The number of hydrogen-bond donors (Lipinski definition) is 1. The fourth-order valence-corrected chi connectivity index (χ4v) is 2.43. The van der Waals surface area contributed by atoms with Crippen molar-refractivity contribution < 1.29 is 14.3 Å². The number of rotatable bonds is 4. The van der Waals surface area contributed by atoms with Crippen molar-refractivity contribution in [1.29, 1.82) is 0 Å². The van der Waals surface area contributed by atoms with E-state index in [0.29, 0.717) is 32.2 Å². The summed E-state index contributed by atoms with van der Waals surface area (Å²) < 4.78 is 10.9. The van der Waals surface area contributed by atoms with Gasteiger partial charge in [-0.25, -0.2) is 0 Å². The molecule has 1 amide bonds. The van der Waals surface area contributed by atoms with Gasteiger partial charge < -0.3 is 14.8 Å². The summed E-state index contributed by atoms with van der Waals surface area (Å²) in [6, 6.07) is 10.2. The molecule has 6 heteroatoms. The van der Waals surface area contributed by atoms with Crippen LogP contribution >= 0.6 is 27.5 Å². The highest BCUT2D eigenvalue weighted by molar-refractivity contribution is 9.10. The van der Waals surface area contributed by atoms with E-state index in [-0.39, 0.29) is 5.91 Å². The molecule has 1 N–H and O–H groups in total. The zero-order valence-electron chi connectivity index (χ0n) is 11.4. The van der Waals surface area contributed by atoms with Crippen LogP contribution in [0.5, 0.6) is 11.5 Å². The van der Waals surface area contributed by atoms with Gasteiger partial charge in [-0.05, 0) is 52.3 Å². The summed E-state index contributed by atoms with van der Waals surface area (Å²) in [7, 11) is 3.08. The van der Waals surface area contributed by atoms with Gasteiger partial charge in [-0.3, -0.25) is 4.79 Å². The van der Waals surface area contributed by atoms with Crippen LogP contribution in [0, 0.1) is 0 Å². The number of carbonyl (C=O) groups excluding carboxylic acids is 1. The van der Waals surface area contributed by atoms with Crippen LogP contribution in [0.15, 0.2) is 40.9 Å². The molecule has 0 aromatic heterocycles. The van der Waals surface area contributed by atoms with Crippen LogP contribution in [-0.4, -0.2) is 20.1 Å². The number of ether oxygens (including phenoxy) is 2. The number of anilines is 1. The van der Waals surface area contributed by atoms with Gasteiger partial charge in [0, 0.05) is 10.2 Å². The summed E-state index contributed by atoms with van der Waals surface area (Å²) in [6.45, 7) is 0. The van der Waals surface area contributed by atoms with Crippen LogP contribution in [0.4, 0.5) is 5.69 Å². The smallest absolute Gasteiger partial charge is 0.256 e. The minimum atomic E-state index is -0.262. The molecule has 0 unspecified atom stereocenters. The average Bonchev–Trinajstić information content (AvgIpc) is 2.48. The van der Waals surface area contributed by atoms with Gasteiger partial charge in [0.15, 0.2) is 0 Å². The van der Waals surface area contributed by atoms with E-state index in [0.717, 1.165) is 0 Å². The van der Waals surface area contributed by atoms with E-state index >= 15 is 0 Å². The van der Waals surface area contributed by atoms with E-state index in [4.69, 9.17) is 21.1 Å². The van der Waals surface area contributed by atoms with Gasteiger partial charge in [-0.15, -0.1) is 0 Å². The molecule has 0 saturated heterocycles. The Bertz CT molecular complexity index is 676. The number of amides is 1. The quantitative estimate of drug-likeness (QED) is 0.869. The molecule has 0 heterocycles. The molecule has 2 rings (SSSR count). The van der Waals surface area contributed by atoms with Crippen molar-refractivity contribution in [2.75, 3.05) is 19.5 Å². The maximum Gasteiger partial charge on any atom is 0.256 e. The molecule has 4 nitrogen and oxygen atoms in total. The lowest BCUT2D eigenvalue weighted by molar-refractivity contribution is 0.102. The number of carbonyl (C=O) groups is 1. The van der Waals surface area contributed by atoms with Crippen LogP contribution in [0.25, 0.3) is 0 Å². The third kappa shape index (κ3) is 3.68. The first-order valence-corrected chi connectivity index (χ1v) is 7.20. The van der Waals surface area contributed by atoms with Crippen molar-refractivity contribution in [2.24, 2.45) is 0 Å². The van der Waals surface area contributed by atoms with Gasteiger partial charge in [0.1, 0.15) is 11.5 Å². The summed E-state index contributed by atoms with van der Waals surface area (Å²) in [5, 5.41) is 3.21. The van der Waals surface area contributed by atoms with Crippen LogP contribution in [0.3, 0.4) is 0 Å². The maximum atomic E-state index is 12.3. The van der Waals surface area contributed by atoms with Crippen molar-refractivity contribution in [2.45, 2.75) is 0 Å².